The summed E-state index contributed by atoms with van der Waals surface area (Å²) in [6.45, 7) is 0. The Bertz CT molecular complexity index is 27.2. The molecule has 0 aliphatic carbocycles. The second kappa shape index (κ2) is 5.70. The van der Waals surface area contributed by atoms with Crippen molar-refractivity contribution in [1.29, 1.82) is 0 Å². The summed E-state index contributed by atoms with van der Waals surface area (Å²) in [6.07, 6.45) is 0. The minimum absolute atomic E-state index is 0. The first-order valence-corrected chi connectivity index (χ1v) is 2.51. The molecule has 42 valence electrons. The molecule has 7 heteroatoms. The Hall–Kier alpha value is 1.56. The van der Waals surface area contributed by atoms with Crippen LogP contribution >= 0.6 is 0 Å². The van der Waals surface area contributed by atoms with Crippen LogP contribution in [-0.4, -0.2) is 36.9 Å². The Morgan fingerprint density at radius 1 is 1.14 bits per heavy atom. The van der Waals surface area contributed by atoms with Crippen LogP contribution in [0.15, 0.2) is 0 Å². The topological polar surface area (TPSA) is 89.4 Å². The molecule has 0 bridgehead atoms. The minimum atomic E-state index is -5.36. The summed E-state index contributed by atoms with van der Waals surface area (Å²) < 4.78 is 0. The Kier molecular flexibility index (Phi) is 12.9. The van der Waals surface area contributed by atoms with E-state index in [1.807, 2.05) is 0 Å². The fraction of sp³-hybridized carbons (Fsp3) is 0. The zero-order chi connectivity index (χ0) is 4.50. The van der Waals surface area contributed by atoms with Crippen molar-refractivity contribution in [3.8, 4) is 0 Å². The van der Waals surface area contributed by atoms with Gasteiger partial charge in [-0.3, -0.25) is 0 Å². The smallest absolute Gasteiger partial charge is 0.861 e. The van der Waals surface area contributed by atoms with Gasteiger partial charge >= 0.3 is 45.4 Å². The summed E-state index contributed by atoms with van der Waals surface area (Å²) >= 11 is 0. The van der Waals surface area contributed by atoms with Crippen molar-refractivity contribution >= 4 is 32.1 Å². The van der Waals surface area contributed by atoms with Gasteiger partial charge in [-0.15, -0.1) is 9.05 Å². The van der Waals surface area contributed by atoms with Crippen molar-refractivity contribution in [2.45, 2.75) is 0 Å². The molecule has 0 rings (SSSR count). The third-order valence-corrected chi connectivity index (χ3v) is 0. The van der Waals surface area contributed by atoms with E-state index in [0.717, 1.165) is 0 Å². The van der Waals surface area contributed by atoms with Gasteiger partial charge in [0.15, 0.2) is 0 Å². The van der Waals surface area contributed by atoms with Gasteiger partial charge in [-0.05, 0) is 0 Å². The van der Waals surface area contributed by atoms with Crippen LogP contribution in [0, 0.1) is 0 Å². The fourth-order valence-corrected chi connectivity index (χ4v) is 0. The standard InChI is InChI=1S/Ag.Mg.HO4Si/c;;1-5(2,3)4/h;;1H/q+1;+2;-3. The van der Waals surface area contributed by atoms with Crippen molar-refractivity contribution in [1.82, 2.24) is 0 Å². The number of rotatable bonds is 0. The summed E-state index contributed by atoms with van der Waals surface area (Å²) in [5.41, 5.74) is 0. The summed E-state index contributed by atoms with van der Waals surface area (Å²) in [7, 11) is -5.36. The van der Waals surface area contributed by atoms with Gasteiger partial charge in [-0.1, -0.05) is 0 Å². The van der Waals surface area contributed by atoms with Crippen LogP contribution < -0.4 is 14.4 Å². The third-order valence-electron chi connectivity index (χ3n) is 0. The van der Waals surface area contributed by atoms with Gasteiger partial charge in [-0.2, -0.15) is 0 Å². The van der Waals surface area contributed by atoms with Crippen LogP contribution in [0.2, 0.25) is 0 Å². The molecule has 0 aromatic carbocycles. The molecule has 0 amide bonds. The van der Waals surface area contributed by atoms with Gasteiger partial charge in [0, 0.05) is 0 Å². The van der Waals surface area contributed by atoms with Crippen molar-refractivity contribution in [3.63, 3.8) is 0 Å². The zero-order valence-electron chi connectivity index (χ0n) is 3.18. The molecule has 0 aromatic rings. The Labute approximate surface area is 73.3 Å². The molecular weight excluding hydrogens is 224 g/mol. The molecule has 0 saturated heterocycles. The summed E-state index contributed by atoms with van der Waals surface area (Å²) in [4.78, 5) is 33.1. The van der Waals surface area contributed by atoms with Crippen molar-refractivity contribution < 1.29 is 41.6 Å². The van der Waals surface area contributed by atoms with E-state index in [1.54, 1.807) is 0 Å². The zero-order valence-corrected chi connectivity index (χ0v) is 7.08. The number of hydrogen-bond acceptors (Lipinski definition) is 4. The molecule has 4 nitrogen and oxygen atoms in total. The van der Waals surface area contributed by atoms with Crippen LogP contribution in [0.5, 0.6) is 0 Å². The Morgan fingerprint density at radius 2 is 1.14 bits per heavy atom. The SMILES string of the molecule is [Ag+].[Mg+2].[O-][Si]([O-])([O-])O. The molecule has 0 heterocycles. The average molecular weight is 225 g/mol. The normalized spacial score (nSPS) is 8.57. The molecule has 0 saturated carbocycles. The number of hydrogen-bond donors (Lipinski definition) is 1. The van der Waals surface area contributed by atoms with Crippen molar-refractivity contribution in [2.75, 3.05) is 0 Å². The quantitative estimate of drug-likeness (QED) is 0.418. The van der Waals surface area contributed by atoms with Crippen molar-refractivity contribution in [3.05, 3.63) is 0 Å². The Morgan fingerprint density at radius 3 is 1.14 bits per heavy atom. The summed E-state index contributed by atoms with van der Waals surface area (Å²) in [6, 6.07) is 0. The first-order valence-electron chi connectivity index (χ1n) is 0.836. The molecule has 0 fully saturated rings. The van der Waals surface area contributed by atoms with E-state index >= 15 is 0 Å². The van der Waals surface area contributed by atoms with E-state index in [4.69, 9.17) is 19.2 Å². The van der Waals surface area contributed by atoms with Gasteiger partial charge in [0.05, 0.1) is 0 Å². The molecule has 0 atom stereocenters. The predicted molar refractivity (Wildman–Crippen MR) is 13.7 cm³/mol. The monoisotopic (exact) mass is 224 g/mol. The van der Waals surface area contributed by atoms with Crippen LogP contribution in [-0.2, 0) is 22.4 Å². The van der Waals surface area contributed by atoms with Gasteiger partial charge in [0.2, 0.25) is 0 Å². The first-order chi connectivity index (χ1) is 2.00. The van der Waals surface area contributed by atoms with Crippen LogP contribution in [0.25, 0.3) is 0 Å². The molecule has 0 radical (unpaired) electrons. The predicted octanol–water partition coefficient (Wildman–Crippen LogP) is -4.89. The molecule has 0 aliphatic rings. The third kappa shape index (κ3) is 95.8. The molecule has 7 heavy (non-hydrogen) atoms. The molecule has 0 unspecified atom stereocenters. The van der Waals surface area contributed by atoms with Gasteiger partial charge in [0.25, 0.3) is 0 Å². The Balaban J connectivity index is -0.0000000800. The summed E-state index contributed by atoms with van der Waals surface area (Å²) in [5, 5.41) is 0. The second-order valence-electron chi connectivity index (χ2n) is 0.524. The molecule has 0 aliphatic heterocycles. The van der Waals surface area contributed by atoms with Crippen LogP contribution in [0.3, 0.4) is 0 Å². The molecule has 1 N–H and O–H groups in total. The fourth-order valence-electron chi connectivity index (χ4n) is 0. The van der Waals surface area contributed by atoms with Gasteiger partial charge in [-0.25, -0.2) is 0 Å². The van der Waals surface area contributed by atoms with E-state index < -0.39 is 9.05 Å². The molecular formula is HAgMgO4Si. The van der Waals surface area contributed by atoms with E-state index in [9.17, 15) is 0 Å². The van der Waals surface area contributed by atoms with Crippen LogP contribution in [0.4, 0.5) is 0 Å². The van der Waals surface area contributed by atoms with Gasteiger partial charge < -0.3 is 19.2 Å². The van der Waals surface area contributed by atoms with Crippen LogP contribution in [0.1, 0.15) is 0 Å². The van der Waals surface area contributed by atoms with E-state index in [0.29, 0.717) is 0 Å². The minimum Gasteiger partial charge on any atom is -0.861 e. The first kappa shape index (κ1) is 15.8. The maximum absolute atomic E-state index is 8.69. The molecule has 0 spiro atoms. The largest absolute Gasteiger partial charge is 2.00 e. The maximum atomic E-state index is 8.69. The average Bonchev–Trinajstić information content (AvgIpc) is 0.722. The van der Waals surface area contributed by atoms with E-state index in [-0.39, 0.29) is 45.4 Å². The van der Waals surface area contributed by atoms with Gasteiger partial charge in [0.1, 0.15) is 0 Å². The van der Waals surface area contributed by atoms with E-state index in [1.165, 1.54) is 0 Å². The summed E-state index contributed by atoms with van der Waals surface area (Å²) in [5.74, 6) is 0. The van der Waals surface area contributed by atoms with Crippen molar-refractivity contribution in [2.24, 2.45) is 0 Å². The van der Waals surface area contributed by atoms with E-state index in [2.05, 4.69) is 0 Å². The molecule has 0 aromatic heterocycles. The second-order valence-corrected chi connectivity index (χ2v) is 1.57. The maximum Gasteiger partial charge on any atom is 2.00 e.